The van der Waals surface area contributed by atoms with Crippen molar-refractivity contribution in [2.75, 3.05) is 19.6 Å². The number of hydrogen-bond acceptors (Lipinski definition) is 1. The zero-order valence-electron chi connectivity index (χ0n) is 7.85. The fourth-order valence-electron chi connectivity index (χ4n) is 1.80. The summed E-state index contributed by atoms with van der Waals surface area (Å²) in [4.78, 5) is 2.48. The molecule has 12 heavy (non-hydrogen) atoms. The molecule has 0 aromatic carbocycles. The molecule has 1 nitrogen and oxygen atoms in total. The van der Waals surface area contributed by atoms with Gasteiger partial charge in [0.25, 0.3) is 0 Å². The molecule has 0 unspecified atom stereocenters. The Hall–Kier alpha value is 0.180. The lowest BCUT2D eigenvalue weighted by molar-refractivity contribution is 0.197. The molecule has 1 aliphatic rings. The van der Waals surface area contributed by atoms with Gasteiger partial charge in [-0.1, -0.05) is 35.9 Å². The summed E-state index contributed by atoms with van der Waals surface area (Å²) in [5, 5.41) is 0. The maximum atomic E-state index is 3.86. The van der Waals surface area contributed by atoms with Crippen LogP contribution >= 0.6 is 15.9 Å². The van der Waals surface area contributed by atoms with Gasteiger partial charge in [0.1, 0.15) is 0 Å². The number of piperidine rings is 1. The lowest BCUT2D eigenvalue weighted by Crippen LogP contribution is -2.34. The number of rotatable bonds is 3. The Morgan fingerprint density at radius 3 is 2.50 bits per heavy atom. The van der Waals surface area contributed by atoms with Gasteiger partial charge in [-0.05, 0) is 31.8 Å². The van der Waals surface area contributed by atoms with Crippen molar-refractivity contribution in [3.63, 3.8) is 0 Å². The van der Waals surface area contributed by atoms with Gasteiger partial charge in [-0.3, -0.25) is 4.90 Å². The van der Waals surface area contributed by atoms with Crippen LogP contribution in [0.3, 0.4) is 0 Å². The molecule has 0 aromatic heterocycles. The van der Waals surface area contributed by atoms with Gasteiger partial charge in [0.2, 0.25) is 0 Å². The molecule has 1 rings (SSSR count). The summed E-state index contributed by atoms with van der Waals surface area (Å²) in [5.74, 6) is 0.977. The fraction of sp³-hybridized carbons (Fsp3) is 0.800. The maximum absolute atomic E-state index is 3.86. The molecule has 1 heterocycles. The van der Waals surface area contributed by atoms with Crippen LogP contribution in [0.2, 0.25) is 0 Å². The van der Waals surface area contributed by atoms with Crippen LogP contribution in [0.25, 0.3) is 0 Å². The largest absolute Gasteiger partial charge is 0.299 e. The van der Waals surface area contributed by atoms with E-state index in [1.54, 1.807) is 0 Å². The predicted molar refractivity (Wildman–Crippen MR) is 57.5 cm³/mol. The summed E-state index contributed by atoms with van der Waals surface area (Å²) >= 11 is 3.41. The highest BCUT2D eigenvalue weighted by Crippen LogP contribution is 2.20. The molecule has 0 spiro atoms. The highest BCUT2D eigenvalue weighted by atomic mass is 79.9. The first-order chi connectivity index (χ1) is 5.72. The van der Waals surface area contributed by atoms with Crippen molar-refractivity contribution in [1.82, 2.24) is 4.90 Å². The first-order valence-electron chi connectivity index (χ1n) is 4.78. The van der Waals surface area contributed by atoms with Gasteiger partial charge >= 0.3 is 0 Å². The fourth-order valence-corrected chi connectivity index (χ4v) is 2.15. The van der Waals surface area contributed by atoms with Crippen LogP contribution in [0.5, 0.6) is 0 Å². The van der Waals surface area contributed by atoms with E-state index in [1.807, 2.05) is 0 Å². The van der Waals surface area contributed by atoms with Gasteiger partial charge in [-0.15, -0.1) is 0 Å². The zero-order valence-corrected chi connectivity index (χ0v) is 9.44. The van der Waals surface area contributed by atoms with Crippen LogP contribution in [0.15, 0.2) is 11.1 Å². The van der Waals surface area contributed by atoms with Crippen LogP contribution in [0.1, 0.15) is 26.2 Å². The molecule has 70 valence electrons. The van der Waals surface area contributed by atoms with Gasteiger partial charge < -0.3 is 0 Å². The number of likely N-dealkylation sites (tertiary alicyclic amines) is 1. The van der Waals surface area contributed by atoms with E-state index in [0.717, 1.165) is 16.9 Å². The Bertz CT molecular complexity index is 148. The van der Waals surface area contributed by atoms with Gasteiger partial charge in [-0.25, -0.2) is 0 Å². The molecule has 0 aromatic rings. The van der Waals surface area contributed by atoms with Crippen LogP contribution in [-0.2, 0) is 0 Å². The van der Waals surface area contributed by atoms with E-state index in [4.69, 9.17) is 0 Å². The standard InChI is InChI=1S/C10H18BrN/c1-3-10-4-6-12(7-5-10)8-9(2)11/h10H,2-8H2,1H3. The molecular weight excluding hydrogens is 214 g/mol. The van der Waals surface area contributed by atoms with Crippen molar-refractivity contribution >= 4 is 15.9 Å². The Balaban J connectivity index is 2.21. The van der Waals surface area contributed by atoms with E-state index >= 15 is 0 Å². The highest BCUT2D eigenvalue weighted by Gasteiger charge is 2.17. The van der Waals surface area contributed by atoms with Crippen LogP contribution in [-0.4, -0.2) is 24.5 Å². The maximum Gasteiger partial charge on any atom is 0.0293 e. The van der Waals surface area contributed by atoms with Gasteiger partial charge in [0, 0.05) is 11.0 Å². The van der Waals surface area contributed by atoms with E-state index in [9.17, 15) is 0 Å². The summed E-state index contributed by atoms with van der Waals surface area (Å²) in [6.45, 7) is 9.69. The van der Waals surface area contributed by atoms with E-state index in [2.05, 4.69) is 34.3 Å². The van der Waals surface area contributed by atoms with Gasteiger partial charge in [0.15, 0.2) is 0 Å². The molecular formula is C10H18BrN. The molecule has 0 atom stereocenters. The Kier molecular flexibility index (Phi) is 4.30. The third kappa shape index (κ3) is 3.28. The smallest absolute Gasteiger partial charge is 0.0293 e. The second-order valence-corrected chi connectivity index (χ2v) is 4.77. The minimum absolute atomic E-state index is 0.977. The predicted octanol–water partition coefficient (Wildman–Crippen LogP) is 3.02. The minimum Gasteiger partial charge on any atom is -0.299 e. The number of halogens is 1. The first-order valence-corrected chi connectivity index (χ1v) is 5.57. The molecule has 0 N–H and O–H groups in total. The quantitative estimate of drug-likeness (QED) is 0.723. The third-order valence-corrected chi connectivity index (χ3v) is 2.93. The van der Waals surface area contributed by atoms with Crippen LogP contribution in [0.4, 0.5) is 0 Å². The lowest BCUT2D eigenvalue weighted by Gasteiger charge is -2.31. The Morgan fingerprint density at radius 1 is 1.50 bits per heavy atom. The zero-order chi connectivity index (χ0) is 8.97. The van der Waals surface area contributed by atoms with Crippen molar-refractivity contribution in [2.45, 2.75) is 26.2 Å². The van der Waals surface area contributed by atoms with E-state index in [0.29, 0.717) is 0 Å². The number of hydrogen-bond donors (Lipinski definition) is 0. The second-order valence-electron chi connectivity index (χ2n) is 3.65. The van der Waals surface area contributed by atoms with Crippen molar-refractivity contribution in [1.29, 1.82) is 0 Å². The molecule has 1 saturated heterocycles. The SMILES string of the molecule is C=C(Br)CN1CCC(CC)CC1. The highest BCUT2D eigenvalue weighted by molar-refractivity contribution is 9.11. The number of nitrogens with zero attached hydrogens (tertiary/aromatic N) is 1. The third-order valence-electron chi connectivity index (χ3n) is 2.68. The molecule has 0 saturated carbocycles. The summed E-state index contributed by atoms with van der Waals surface area (Å²) in [5.41, 5.74) is 0. The summed E-state index contributed by atoms with van der Waals surface area (Å²) in [6.07, 6.45) is 4.09. The molecule has 0 radical (unpaired) electrons. The minimum atomic E-state index is 0.977. The van der Waals surface area contributed by atoms with E-state index < -0.39 is 0 Å². The molecule has 1 aliphatic heterocycles. The monoisotopic (exact) mass is 231 g/mol. The Labute approximate surface area is 84.0 Å². The van der Waals surface area contributed by atoms with Gasteiger partial charge in [-0.2, -0.15) is 0 Å². The average Bonchev–Trinajstić information content (AvgIpc) is 2.05. The first kappa shape index (κ1) is 10.3. The van der Waals surface area contributed by atoms with Crippen molar-refractivity contribution in [3.8, 4) is 0 Å². The van der Waals surface area contributed by atoms with Crippen LogP contribution < -0.4 is 0 Å². The molecule has 0 amide bonds. The lowest BCUT2D eigenvalue weighted by atomic mass is 9.94. The molecule has 0 bridgehead atoms. The molecule has 1 fully saturated rings. The molecule has 0 aliphatic carbocycles. The Morgan fingerprint density at radius 2 is 2.08 bits per heavy atom. The van der Waals surface area contributed by atoms with Crippen molar-refractivity contribution in [3.05, 3.63) is 11.1 Å². The topological polar surface area (TPSA) is 3.24 Å². The molecule has 2 heteroatoms. The summed E-state index contributed by atoms with van der Waals surface area (Å²) < 4.78 is 1.11. The normalized spacial score (nSPS) is 21.2. The van der Waals surface area contributed by atoms with Crippen LogP contribution in [0, 0.1) is 5.92 Å². The summed E-state index contributed by atoms with van der Waals surface area (Å²) in [6, 6.07) is 0. The van der Waals surface area contributed by atoms with E-state index in [1.165, 1.54) is 32.4 Å². The average molecular weight is 232 g/mol. The second kappa shape index (κ2) is 5.03. The van der Waals surface area contributed by atoms with Crippen molar-refractivity contribution < 1.29 is 0 Å². The van der Waals surface area contributed by atoms with E-state index in [-0.39, 0.29) is 0 Å². The summed E-state index contributed by atoms with van der Waals surface area (Å²) in [7, 11) is 0. The van der Waals surface area contributed by atoms with Gasteiger partial charge in [0.05, 0.1) is 0 Å². The van der Waals surface area contributed by atoms with Crippen molar-refractivity contribution in [2.24, 2.45) is 5.92 Å².